The van der Waals surface area contributed by atoms with Gasteiger partial charge in [0.05, 0.1) is 17.7 Å². The summed E-state index contributed by atoms with van der Waals surface area (Å²) in [6.45, 7) is 0.456. The summed E-state index contributed by atoms with van der Waals surface area (Å²) in [5.74, 6) is 0.268. The number of amides is 3. The molecule has 0 spiro atoms. The number of nitro benzene ring substituents is 1. The minimum absolute atomic E-state index is 0.0445. The van der Waals surface area contributed by atoms with E-state index in [4.69, 9.17) is 0 Å². The van der Waals surface area contributed by atoms with E-state index < -0.39 is 17.0 Å². The second-order valence-electron chi connectivity index (χ2n) is 7.59. The van der Waals surface area contributed by atoms with Gasteiger partial charge in [-0.15, -0.1) is 5.10 Å². The van der Waals surface area contributed by atoms with E-state index in [2.05, 4.69) is 15.5 Å². The molecule has 1 N–H and O–H groups in total. The number of hydrogen-bond donors (Lipinski definition) is 1. The van der Waals surface area contributed by atoms with Crippen molar-refractivity contribution in [2.24, 2.45) is 10.1 Å². The Morgan fingerprint density at radius 2 is 1.91 bits per heavy atom. The van der Waals surface area contributed by atoms with Crippen LogP contribution in [0.4, 0.5) is 10.5 Å². The van der Waals surface area contributed by atoms with Crippen LogP contribution in [0, 0.1) is 10.1 Å². The molecule has 2 aliphatic heterocycles. The summed E-state index contributed by atoms with van der Waals surface area (Å²) in [7, 11) is 3.01. The van der Waals surface area contributed by atoms with Gasteiger partial charge in [-0.2, -0.15) is 5.43 Å². The Morgan fingerprint density at radius 1 is 1.15 bits per heavy atom. The van der Waals surface area contributed by atoms with Crippen molar-refractivity contribution in [1.82, 2.24) is 15.2 Å². The van der Waals surface area contributed by atoms with Crippen molar-refractivity contribution in [3.05, 3.63) is 75.8 Å². The smallest absolute Gasteiger partial charge is 0.270 e. The van der Waals surface area contributed by atoms with Crippen molar-refractivity contribution in [2.75, 3.05) is 20.6 Å². The lowest BCUT2D eigenvalue weighted by atomic mass is 10.1. The number of carbonyl (C=O) groups excluding carboxylic acids is 2. The summed E-state index contributed by atoms with van der Waals surface area (Å²) in [5, 5.41) is 15.1. The van der Waals surface area contributed by atoms with Crippen molar-refractivity contribution < 1.29 is 19.1 Å². The molecule has 3 amide bonds. The second kappa shape index (κ2) is 8.99. The molecule has 168 valence electrons. The topological polar surface area (TPSA) is 124 Å². The number of nitro groups is 1. The summed E-state index contributed by atoms with van der Waals surface area (Å²) < 4.78 is 1.77. The van der Waals surface area contributed by atoms with Gasteiger partial charge < -0.3 is 0 Å². The Kier molecular flexibility index (Phi) is 5.94. The molecule has 0 aromatic heterocycles. The van der Waals surface area contributed by atoms with E-state index in [0.717, 1.165) is 10.5 Å². The molecule has 2 heterocycles. The molecule has 11 nitrogen and oxygen atoms in total. The first kappa shape index (κ1) is 21.8. The highest BCUT2D eigenvalue weighted by Crippen LogP contribution is 2.19. The van der Waals surface area contributed by atoms with Crippen LogP contribution in [-0.4, -0.2) is 75.9 Å². The highest BCUT2D eigenvalue weighted by Gasteiger charge is 2.51. The van der Waals surface area contributed by atoms with Crippen molar-refractivity contribution >= 4 is 35.6 Å². The third kappa shape index (κ3) is 4.33. The number of guanidine groups is 1. The first-order chi connectivity index (χ1) is 15.9. The number of non-ortho nitro benzene ring substituents is 1. The lowest BCUT2D eigenvalue weighted by Gasteiger charge is -2.31. The zero-order valence-corrected chi connectivity index (χ0v) is 18.1. The SMILES string of the molecule is CN1C(=O)C2C(=NC(N/N=C/c3cccc([N+](=O)[O-])c3)=[N+]2CCc2ccccc2)N(C)C1=O. The summed E-state index contributed by atoms with van der Waals surface area (Å²) in [6, 6.07) is 14.6. The molecule has 1 saturated heterocycles. The standard InChI is InChI=1S/C22H21N7O4/c1-26-19-18(20(30)27(2)22(26)31)28(12-11-15-7-4-3-5-8-15)21(24-19)25-23-14-16-9-6-10-17(13-16)29(32)33/h3-10,13-14,18H,11-12H2,1-2H3/p+1/b23-14+. The van der Waals surface area contributed by atoms with Crippen LogP contribution in [0.3, 0.4) is 0 Å². The summed E-state index contributed by atoms with van der Waals surface area (Å²) in [5.41, 5.74) is 4.41. The Labute approximate surface area is 189 Å². The predicted octanol–water partition coefficient (Wildman–Crippen LogP) is 1.43. The number of aliphatic imine (C=N–C) groups is 1. The molecular weight excluding hydrogens is 426 g/mol. The Bertz CT molecular complexity index is 1210. The monoisotopic (exact) mass is 448 g/mol. The normalized spacial score (nSPS) is 18.1. The molecule has 33 heavy (non-hydrogen) atoms. The molecule has 0 saturated carbocycles. The highest BCUT2D eigenvalue weighted by atomic mass is 16.6. The van der Waals surface area contributed by atoms with Crippen molar-refractivity contribution in [3.8, 4) is 0 Å². The largest absolute Gasteiger partial charge is 0.413 e. The first-order valence-corrected chi connectivity index (χ1v) is 10.2. The van der Waals surface area contributed by atoms with Crippen LogP contribution in [0.1, 0.15) is 11.1 Å². The zero-order valence-electron chi connectivity index (χ0n) is 18.1. The fourth-order valence-electron chi connectivity index (χ4n) is 3.70. The molecule has 0 aliphatic carbocycles. The van der Waals surface area contributed by atoms with Gasteiger partial charge in [0.2, 0.25) is 11.9 Å². The number of rotatable bonds is 6. The predicted molar refractivity (Wildman–Crippen MR) is 121 cm³/mol. The van der Waals surface area contributed by atoms with Crippen LogP contribution in [0.5, 0.6) is 0 Å². The number of imide groups is 1. The van der Waals surface area contributed by atoms with E-state index in [-0.39, 0.29) is 11.6 Å². The molecule has 11 heteroatoms. The molecule has 1 atom stereocenters. The van der Waals surface area contributed by atoms with Crippen molar-refractivity contribution in [1.29, 1.82) is 0 Å². The lowest BCUT2D eigenvalue weighted by Crippen LogP contribution is -2.61. The molecule has 2 aliphatic rings. The van der Waals surface area contributed by atoms with Crippen LogP contribution in [0.25, 0.3) is 0 Å². The van der Waals surface area contributed by atoms with E-state index in [0.29, 0.717) is 30.3 Å². The average molecular weight is 448 g/mol. The molecule has 0 radical (unpaired) electrons. The molecule has 1 unspecified atom stereocenters. The molecule has 2 aromatic carbocycles. The number of carbonyl (C=O) groups is 2. The number of amidine groups is 1. The molecule has 0 bridgehead atoms. The van der Waals surface area contributed by atoms with E-state index >= 15 is 0 Å². The highest BCUT2D eigenvalue weighted by molar-refractivity contribution is 6.22. The van der Waals surface area contributed by atoms with Gasteiger partial charge in [-0.3, -0.25) is 24.7 Å². The van der Waals surface area contributed by atoms with Gasteiger partial charge in [-0.1, -0.05) is 47.5 Å². The first-order valence-electron chi connectivity index (χ1n) is 10.2. The van der Waals surface area contributed by atoms with Gasteiger partial charge in [-0.25, -0.2) is 9.37 Å². The zero-order chi connectivity index (χ0) is 23.5. The summed E-state index contributed by atoms with van der Waals surface area (Å²) in [6.07, 6.45) is 2.08. The third-order valence-electron chi connectivity index (χ3n) is 5.47. The number of hydrogen-bond acceptors (Lipinski definition) is 7. The van der Waals surface area contributed by atoms with E-state index in [1.807, 2.05) is 30.3 Å². The maximum absolute atomic E-state index is 12.9. The maximum atomic E-state index is 12.9. The van der Waals surface area contributed by atoms with Crippen LogP contribution >= 0.6 is 0 Å². The fraction of sp³-hybridized carbons (Fsp3) is 0.227. The molecular formula is C22H22N7O4+. The molecule has 4 rings (SSSR count). The second-order valence-corrected chi connectivity index (χ2v) is 7.59. The van der Waals surface area contributed by atoms with E-state index in [9.17, 15) is 19.7 Å². The number of nitrogens with zero attached hydrogens (tertiary/aromatic N) is 6. The number of hydrazone groups is 1. The summed E-state index contributed by atoms with van der Waals surface area (Å²) >= 11 is 0. The van der Waals surface area contributed by atoms with Crippen LogP contribution < -0.4 is 5.43 Å². The van der Waals surface area contributed by atoms with Gasteiger partial charge in [0.1, 0.15) is 0 Å². The van der Waals surface area contributed by atoms with Gasteiger partial charge in [0.15, 0.2) is 0 Å². The maximum Gasteiger partial charge on any atom is 0.413 e. The minimum Gasteiger partial charge on any atom is -0.270 e. The molecule has 1 fully saturated rings. The van der Waals surface area contributed by atoms with Gasteiger partial charge in [-0.05, 0) is 5.56 Å². The van der Waals surface area contributed by atoms with Crippen LogP contribution in [0.2, 0.25) is 0 Å². The fourth-order valence-corrected chi connectivity index (χ4v) is 3.70. The van der Waals surface area contributed by atoms with Gasteiger partial charge in [0.25, 0.3) is 11.6 Å². The van der Waals surface area contributed by atoms with Gasteiger partial charge in [0, 0.05) is 38.2 Å². The number of fused-ring (bicyclic) bond motifs is 1. The summed E-state index contributed by atoms with van der Waals surface area (Å²) in [4.78, 5) is 42.7. The Hall–Kier alpha value is -4.41. The number of nitrogens with one attached hydrogen (secondary N) is 1. The van der Waals surface area contributed by atoms with E-state index in [1.54, 1.807) is 23.8 Å². The number of urea groups is 1. The van der Waals surface area contributed by atoms with E-state index in [1.165, 1.54) is 30.3 Å². The quantitative estimate of drug-likeness (QED) is 0.310. The Balaban J connectivity index is 1.62. The molecule has 2 aromatic rings. The Morgan fingerprint density at radius 3 is 2.64 bits per heavy atom. The lowest BCUT2D eigenvalue weighted by molar-refractivity contribution is -0.536. The number of benzene rings is 2. The third-order valence-corrected chi connectivity index (χ3v) is 5.47. The average Bonchev–Trinajstić information content (AvgIpc) is 3.19. The number of likely N-dealkylation sites (N-methyl/N-ethyl adjacent to an activating group) is 2. The van der Waals surface area contributed by atoms with Crippen LogP contribution in [0.15, 0.2) is 64.7 Å². The van der Waals surface area contributed by atoms with Gasteiger partial charge >= 0.3 is 12.0 Å². The van der Waals surface area contributed by atoms with Crippen LogP contribution in [-0.2, 0) is 11.2 Å². The minimum atomic E-state index is -0.753. The van der Waals surface area contributed by atoms with Crippen molar-refractivity contribution in [2.45, 2.75) is 12.5 Å². The van der Waals surface area contributed by atoms with Crippen molar-refractivity contribution in [3.63, 3.8) is 0 Å².